The van der Waals surface area contributed by atoms with Crippen molar-refractivity contribution in [3.8, 4) is 28.8 Å². The van der Waals surface area contributed by atoms with E-state index in [4.69, 9.17) is 9.47 Å². The van der Waals surface area contributed by atoms with E-state index in [0.717, 1.165) is 24.3 Å². The second-order valence-corrected chi connectivity index (χ2v) is 8.70. The molecule has 0 unspecified atom stereocenters. The van der Waals surface area contributed by atoms with E-state index >= 15 is 0 Å². The molecule has 0 radical (unpaired) electrons. The van der Waals surface area contributed by atoms with Crippen LogP contribution >= 0.6 is 0 Å². The first-order valence-corrected chi connectivity index (χ1v) is 11.5. The van der Waals surface area contributed by atoms with E-state index in [-0.39, 0.29) is 23.9 Å². The van der Waals surface area contributed by atoms with Gasteiger partial charge in [-0.05, 0) is 42.5 Å². The molecule has 0 fully saturated rings. The molecular weight excluding hydrogens is 491 g/mol. The largest absolute Gasteiger partial charge is 0.573 e. The van der Waals surface area contributed by atoms with Gasteiger partial charge in [0, 0.05) is 12.6 Å². The van der Waals surface area contributed by atoms with Gasteiger partial charge in [0.2, 0.25) is 15.9 Å². The number of aromatic nitrogens is 4. The van der Waals surface area contributed by atoms with Crippen LogP contribution in [-0.2, 0) is 10.0 Å². The highest BCUT2D eigenvalue weighted by atomic mass is 32.2. The third-order valence-electron chi connectivity index (χ3n) is 4.60. The minimum atomic E-state index is -4.87. The zero-order valence-corrected chi connectivity index (χ0v) is 18.9. The van der Waals surface area contributed by atoms with Gasteiger partial charge in [-0.2, -0.15) is 4.52 Å². The minimum absolute atomic E-state index is 0.0703. The summed E-state index contributed by atoms with van der Waals surface area (Å²) < 4.78 is 79.9. The van der Waals surface area contributed by atoms with Crippen LogP contribution in [0.1, 0.15) is 0 Å². The fourth-order valence-corrected chi connectivity index (χ4v) is 4.09. The Morgan fingerprint density at radius 3 is 2.46 bits per heavy atom. The highest BCUT2D eigenvalue weighted by molar-refractivity contribution is 7.89. The van der Waals surface area contributed by atoms with Crippen LogP contribution in [0.4, 0.5) is 13.2 Å². The van der Waals surface area contributed by atoms with Gasteiger partial charge in [0.05, 0.1) is 17.6 Å². The average molecular weight is 509 g/mol. The lowest BCUT2D eigenvalue weighted by atomic mass is 10.2. The Balaban J connectivity index is 1.39. The number of rotatable bonds is 9. The molecule has 0 aliphatic rings. The number of methoxy groups -OCH3 is 1. The van der Waals surface area contributed by atoms with Gasteiger partial charge < -0.3 is 14.2 Å². The van der Waals surface area contributed by atoms with Crippen LogP contribution in [0.2, 0.25) is 0 Å². The van der Waals surface area contributed by atoms with Crippen molar-refractivity contribution in [2.45, 2.75) is 11.3 Å². The van der Waals surface area contributed by atoms with Gasteiger partial charge >= 0.3 is 6.36 Å². The zero-order chi connectivity index (χ0) is 25.1. The van der Waals surface area contributed by atoms with E-state index in [1.165, 1.54) is 11.6 Å². The van der Waals surface area contributed by atoms with E-state index in [2.05, 4.69) is 24.8 Å². The van der Waals surface area contributed by atoms with Gasteiger partial charge in [0.1, 0.15) is 18.1 Å². The highest BCUT2D eigenvalue weighted by Crippen LogP contribution is 2.28. The van der Waals surface area contributed by atoms with Crippen molar-refractivity contribution in [2.75, 3.05) is 20.3 Å². The number of alkyl halides is 3. The van der Waals surface area contributed by atoms with Gasteiger partial charge in [0.25, 0.3) is 0 Å². The fourth-order valence-electron chi connectivity index (χ4n) is 3.08. The van der Waals surface area contributed by atoms with E-state index in [1.54, 1.807) is 24.3 Å². The summed E-state index contributed by atoms with van der Waals surface area (Å²) in [5.41, 5.74) is 1.14. The molecule has 184 valence electrons. The van der Waals surface area contributed by atoms with Gasteiger partial charge in [-0.3, -0.25) is 0 Å². The molecule has 0 spiro atoms. The number of fused-ring (bicyclic) bond motifs is 1. The topological polar surface area (TPSA) is 117 Å². The summed E-state index contributed by atoms with van der Waals surface area (Å²) in [5, 5.41) is 12.6. The van der Waals surface area contributed by atoms with E-state index in [1.807, 2.05) is 12.1 Å². The number of halogens is 3. The molecule has 0 atom stereocenters. The third kappa shape index (κ3) is 5.78. The molecule has 35 heavy (non-hydrogen) atoms. The average Bonchev–Trinajstić information content (AvgIpc) is 3.24. The molecule has 4 rings (SSSR count). The van der Waals surface area contributed by atoms with Crippen LogP contribution in [0.5, 0.6) is 17.4 Å². The molecule has 2 aromatic heterocycles. The Bertz CT molecular complexity index is 1430. The number of benzene rings is 2. The molecule has 0 bridgehead atoms. The summed E-state index contributed by atoms with van der Waals surface area (Å²) in [4.78, 5) is -0.225. The van der Waals surface area contributed by atoms with Crippen LogP contribution in [0.25, 0.3) is 17.0 Å². The molecule has 4 aromatic rings. The quantitative estimate of drug-likeness (QED) is 0.342. The summed E-state index contributed by atoms with van der Waals surface area (Å²) in [6, 6.07) is 14.3. The molecular formula is C21H18F3N5O5S. The summed E-state index contributed by atoms with van der Waals surface area (Å²) in [7, 11) is -2.44. The predicted octanol–water partition coefficient (Wildman–Crippen LogP) is 3.06. The Labute approximate surface area is 197 Å². The lowest BCUT2D eigenvalue weighted by molar-refractivity contribution is -0.274. The molecule has 0 aliphatic carbocycles. The van der Waals surface area contributed by atoms with Crippen LogP contribution in [-0.4, -0.2) is 54.9 Å². The summed E-state index contributed by atoms with van der Waals surface area (Å²) in [6.45, 7) is -0.191. The monoisotopic (exact) mass is 509 g/mol. The Kier molecular flexibility index (Phi) is 6.75. The van der Waals surface area contributed by atoms with Crippen LogP contribution in [0, 0.1) is 0 Å². The van der Waals surface area contributed by atoms with E-state index < -0.39 is 22.1 Å². The first-order chi connectivity index (χ1) is 16.7. The number of nitrogens with zero attached hydrogens (tertiary/aromatic N) is 4. The van der Waals surface area contributed by atoms with Crippen molar-refractivity contribution < 1.29 is 35.8 Å². The third-order valence-corrected chi connectivity index (χ3v) is 6.07. The maximum Gasteiger partial charge on any atom is 0.573 e. The van der Waals surface area contributed by atoms with Crippen molar-refractivity contribution >= 4 is 15.7 Å². The molecule has 0 saturated heterocycles. The second-order valence-electron chi connectivity index (χ2n) is 6.93. The fraction of sp³-hybridized carbons (Fsp3) is 0.190. The lowest BCUT2D eigenvalue weighted by Crippen LogP contribution is -2.28. The highest BCUT2D eigenvalue weighted by Gasteiger charge is 2.31. The van der Waals surface area contributed by atoms with Crippen LogP contribution in [0.3, 0.4) is 0 Å². The van der Waals surface area contributed by atoms with Gasteiger partial charge in [-0.15, -0.1) is 28.5 Å². The Morgan fingerprint density at radius 1 is 1.00 bits per heavy atom. The normalized spacial score (nSPS) is 12.0. The molecule has 14 heteroatoms. The number of para-hydroxylation sites is 1. The Hall–Kier alpha value is -3.91. The summed E-state index contributed by atoms with van der Waals surface area (Å²) in [6.07, 6.45) is -4.87. The van der Waals surface area contributed by atoms with E-state index in [0.29, 0.717) is 22.8 Å². The maximum absolute atomic E-state index is 12.4. The molecule has 10 nitrogen and oxygen atoms in total. The molecule has 1 N–H and O–H groups in total. The minimum Gasteiger partial charge on any atom is -0.496 e. The molecule has 2 aromatic carbocycles. The van der Waals surface area contributed by atoms with Crippen LogP contribution in [0.15, 0.2) is 65.6 Å². The zero-order valence-electron chi connectivity index (χ0n) is 18.1. The first kappa shape index (κ1) is 24.2. The summed E-state index contributed by atoms with van der Waals surface area (Å²) in [5.74, 6) is 0.688. The van der Waals surface area contributed by atoms with Crippen molar-refractivity contribution in [3.63, 3.8) is 0 Å². The molecule has 0 saturated carbocycles. The predicted molar refractivity (Wildman–Crippen MR) is 117 cm³/mol. The number of sulfonamides is 1. The maximum atomic E-state index is 12.4. The number of ether oxygens (including phenoxy) is 3. The first-order valence-electron chi connectivity index (χ1n) is 10.0. The van der Waals surface area contributed by atoms with Crippen molar-refractivity contribution in [1.29, 1.82) is 0 Å². The van der Waals surface area contributed by atoms with Gasteiger partial charge in [0.15, 0.2) is 11.5 Å². The number of hydrogen-bond donors (Lipinski definition) is 1. The molecule has 0 aliphatic heterocycles. The Morgan fingerprint density at radius 2 is 1.74 bits per heavy atom. The standard InChI is InChI=1S/C21H18F3N5O5S/c1-32-17-5-3-2-4-16(17)20-27-26-18-10-11-19(28-29(18)20)33-13-12-25-35(30,31)15-8-6-14(7-9-15)34-21(22,23)24/h2-11,25H,12-13H2,1H3. The molecule has 0 amide bonds. The van der Waals surface area contributed by atoms with E-state index in [9.17, 15) is 21.6 Å². The van der Waals surface area contributed by atoms with Crippen molar-refractivity contribution in [3.05, 3.63) is 60.7 Å². The van der Waals surface area contributed by atoms with Crippen LogP contribution < -0.4 is 18.9 Å². The van der Waals surface area contributed by atoms with Crippen molar-refractivity contribution in [2.24, 2.45) is 0 Å². The van der Waals surface area contributed by atoms with Gasteiger partial charge in [-0.1, -0.05) is 12.1 Å². The van der Waals surface area contributed by atoms with Crippen molar-refractivity contribution in [1.82, 2.24) is 24.5 Å². The number of hydrogen-bond acceptors (Lipinski definition) is 8. The number of nitrogens with one attached hydrogen (secondary N) is 1. The summed E-state index contributed by atoms with van der Waals surface area (Å²) >= 11 is 0. The smallest absolute Gasteiger partial charge is 0.496 e. The molecule has 2 heterocycles. The SMILES string of the molecule is COc1ccccc1-c1nnc2ccc(OCCNS(=O)(=O)c3ccc(OC(F)(F)F)cc3)nn12. The lowest BCUT2D eigenvalue weighted by Gasteiger charge is -2.11. The van der Waals surface area contributed by atoms with Gasteiger partial charge in [-0.25, -0.2) is 13.1 Å². The second kappa shape index (κ2) is 9.76.